The molecule has 0 aromatic heterocycles. The first-order valence-corrected chi connectivity index (χ1v) is 7.69. The number of urea groups is 1. The van der Waals surface area contributed by atoms with Gasteiger partial charge in [0.1, 0.15) is 0 Å². The Balaban J connectivity index is 2.35. The number of carbonyl (C=O) groups excluding carboxylic acids is 1. The molecule has 0 saturated carbocycles. The lowest BCUT2D eigenvalue weighted by Crippen LogP contribution is -2.43. The summed E-state index contributed by atoms with van der Waals surface area (Å²) in [5.41, 5.74) is 0. The predicted molar refractivity (Wildman–Crippen MR) is 82.2 cm³/mol. The lowest BCUT2D eigenvalue weighted by Gasteiger charge is -2.23. The van der Waals surface area contributed by atoms with Crippen LogP contribution in [0.3, 0.4) is 0 Å². The summed E-state index contributed by atoms with van der Waals surface area (Å²) in [5, 5.41) is 11.9. The molecule has 122 valence electrons. The van der Waals surface area contributed by atoms with Gasteiger partial charge in [-0.2, -0.15) is 0 Å². The van der Waals surface area contributed by atoms with Gasteiger partial charge in [-0.25, -0.2) is 4.79 Å². The van der Waals surface area contributed by atoms with E-state index in [2.05, 4.69) is 17.3 Å². The van der Waals surface area contributed by atoms with Gasteiger partial charge in [0.05, 0.1) is 5.92 Å². The second-order valence-corrected chi connectivity index (χ2v) is 6.65. The molecule has 0 spiro atoms. The van der Waals surface area contributed by atoms with Crippen molar-refractivity contribution in [3.05, 3.63) is 0 Å². The van der Waals surface area contributed by atoms with Crippen molar-refractivity contribution < 1.29 is 14.7 Å². The molecule has 0 bridgehead atoms. The Labute approximate surface area is 127 Å². The Morgan fingerprint density at radius 1 is 1.43 bits per heavy atom. The van der Waals surface area contributed by atoms with Crippen LogP contribution in [0.5, 0.6) is 0 Å². The topological polar surface area (TPSA) is 72.9 Å². The molecule has 6 nitrogen and oxygen atoms in total. The van der Waals surface area contributed by atoms with Crippen LogP contribution in [0.25, 0.3) is 0 Å². The normalized spacial score (nSPS) is 20.5. The number of carboxylic acid groups (broad SMARTS) is 1. The average molecular weight is 299 g/mol. The molecular weight excluding hydrogens is 270 g/mol. The van der Waals surface area contributed by atoms with E-state index >= 15 is 0 Å². The molecule has 2 amide bonds. The van der Waals surface area contributed by atoms with Crippen LogP contribution in [-0.4, -0.2) is 67.2 Å². The van der Waals surface area contributed by atoms with Crippen molar-refractivity contribution in [2.24, 2.45) is 17.8 Å². The molecule has 2 atom stereocenters. The van der Waals surface area contributed by atoms with Gasteiger partial charge in [-0.1, -0.05) is 13.8 Å². The van der Waals surface area contributed by atoms with E-state index in [-0.39, 0.29) is 12.6 Å². The highest BCUT2D eigenvalue weighted by Crippen LogP contribution is 2.15. The molecule has 1 aliphatic rings. The highest BCUT2D eigenvalue weighted by molar-refractivity contribution is 5.75. The van der Waals surface area contributed by atoms with Crippen molar-refractivity contribution in [2.45, 2.75) is 26.7 Å². The summed E-state index contributed by atoms with van der Waals surface area (Å²) < 4.78 is 0. The lowest BCUT2D eigenvalue weighted by atomic mass is 9.97. The Hall–Kier alpha value is -1.30. The minimum Gasteiger partial charge on any atom is -0.481 e. The van der Waals surface area contributed by atoms with Gasteiger partial charge in [0.2, 0.25) is 0 Å². The van der Waals surface area contributed by atoms with Crippen LogP contribution >= 0.6 is 0 Å². The first-order valence-electron chi connectivity index (χ1n) is 7.69. The van der Waals surface area contributed by atoms with E-state index in [0.29, 0.717) is 18.3 Å². The Kier molecular flexibility index (Phi) is 6.95. The summed E-state index contributed by atoms with van der Waals surface area (Å²) in [6.07, 6.45) is 1.69. The smallest absolute Gasteiger partial charge is 0.317 e. The number of nitrogens with one attached hydrogen (secondary N) is 1. The number of carboxylic acids is 1. The highest BCUT2D eigenvalue weighted by Gasteiger charge is 2.24. The molecule has 1 rings (SSSR count). The molecular formula is C15H29N3O3. The molecule has 0 aliphatic carbocycles. The van der Waals surface area contributed by atoms with Gasteiger partial charge < -0.3 is 20.2 Å². The number of likely N-dealkylation sites (tertiary alicyclic amines) is 1. The highest BCUT2D eigenvalue weighted by atomic mass is 16.4. The Bertz CT molecular complexity index is 360. The summed E-state index contributed by atoms with van der Waals surface area (Å²) in [6.45, 7) is 6.98. The summed E-state index contributed by atoms with van der Waals surface area (Å²) in [6, 6.07) is -0.181. The van der Waals surface area contributed by atoms with E-state index in [4.69, 9.17) is 5.11 Å². The maximum absolute atomic E-state index is 12.0. The molecule has 0 radical (unpaired) electrons. The van der Waals surface area contributed by atoms with Crippen molar-refractivity contribution >= 4 is 12.0 Å². The fourth-order valence-corrected chi connectivity index (χ4v) is 2.83. The maximum Gasteiger partial charge on any atom is 0.317 e. The SMILES string of the molecule is CC(C)CC(CNC(=O)N(C)CC1CCN(C)C1)C(=O)O. The van der Waals surface area contributed by atoms with E-state index in [9.17, 15) is 9.59 Å². The second kappa shape index (κ2) is 8.22. The number of carbonyl (C=O) groups is 2. The lowest BCUT2D eigenvalue weighted by molar-refractivity contribution is -0.142. The third-order valence-electron chi connectivity index (χ3n) is 3.97. The van der Waals surface area contributed by atoms with Crippen LogP contribution in [0.2, 0.25) is 0 Å². The molecule has 6 heteroatoms. The van der Waals surface area contributed by atoms with E-state index in [1.807, 2.05) is 13.8 Å². The molecule has 1 saturated heterocycles. The van der Waals surface area contributed by atoms with Crippen molar-refractivity contribution in [1.29, 1.82) is 0 Å². The van der Waals surface area contributed by atoms with Gasteiger partial charge in [0.25, 0.3) is 0 Å². The fraction of sp³-hybridized carbons (Fsp3) is 0.867. The summed E-state index contributed by atoms with van der Waals surface area (Å²) >= 11 is 0. The fourth-order valence-electron chi connectivity index (χ4n) is 2.83. The first kappa shape index (κ1) is 17.8. The van der Waals surface area contributed by atoms with Crippen LogP contribution in [0.1, 0.15) is 26.7 Å². The van der Waals surface area contributed by atoms with Gasteiger partial charge >= 0.3 is 12.0 Å². The molecule has 2 unspecified atom stereocenters. The monoisotopic (exact) mass is 299 g/mol. The van der Waals surface area contributed by atoms with Gasteiger partial charge in [0.15, 0.2) is 0 Å². The second-order valence-electron chi connectivity index (χ2n) is 6.65. The Morgan fingerprint density at radius 2 is 2.10 bits per heavy atom. The van der Waals surface area contributed by atoms with Crippen LogP contribution in [0.15, 0.2) is 0 Å². The van der Waals surface area contributed by atoms with Crippen molar-refractivity contribution in [1.82, 2.24) is 15.1 Å². The number of rotatable bonds is 7. The van der Waals surface area contributed by atoms with E-state index in [1.54, 1.807) is 11.9 Å². The Morgan fingerprint density at radius 3 is 2.57 bits per heavy atom. The van der Waals surface area contributed by atoms with Gasteiger partial charge in [-0.05, 0) is 38.3 Å². The van der Waals surface area contributed by atoms with E-state index in [0.717, 1.165) is 26.1 Å². The number of aliphatic carboxylic acids is 1. The first-order chi connectivity index (χ1) is 9.79. The van der Waals surface area contributed by atoms with Crippen LogP contribution in [0.4, 0.5) is 4.79 Å². The third kappa shape index (κ3) is 6.33. The zero-order valence-corrected chi connectivity index (χ0v) is 13.6. The largest absolute Gasteiger partial charge is 0.481 e. The quantitative estimate of drug-likeness (QED) is 0.744. The van der Waals surface area contributed by atoms with Crippen molar-refractivity contribution in [3.63, 3.8) is 0 Å². The third-order valence-corrected chi connectivity index (χ3v) is 3.97. The standard InChI is InChI=1S/C15H29N3O3/c1-11(2)7-13(14(19)20)8-16-15(21)18(4)10-12-5-6-17(3)9-12/h11-13H,5-10H2,1-4H3,(H,16,21)(H,19,20). The van der Waals surface area contributed by atoms with E-state index < -0.39 is 11.9 Å². The zero-order valence-electron chi connectivity index (χ0n) is 13.6. The summed E-state index contributed by atoms with van der Waals surface area (Å²) in [7, 11) is 3.86. The molecule has 1 heterocycles. The molecule has 1 aliphatic heterocycles. The maximum atomic E-state index is 12.0. The molecule has 2 N–H and O–H groups in total. The zero-order chi connectivity index (χ0) is 16.0. The summed E-state index contributed by atoms with van der Waals surface area (Å²) in [4.78, 5) is 27.1. The number of hydrogen-bond donors (Lipinski definition) is 2. The van der Waals surface area contributed by atoms with Crippen molar-refractivity contribution in [3.8, 4) is 0 Å². The predicted octanol–water partition coefficient (Wildman–Crippen LogP) is 1.33. The van der Waals surface area contributed by atoms with Crippen LogP contribution < -0.4 is 5.32 Å². The number of nitrogens with zero attached hydrogens (tertiary/aromatic N) is 2. The minimum absolute atomic E-state index is 0.181. The summed E-state index contributed by atoms with van der Waals surface area (Å²) in [5.74, 6) is -0.546. The van der Waals surface area contributed by atoms with Crippen LogP contribution in [0, 0.1) is 17.8 Å². The van der Waals surface area contributed by atoms with Gasteiger partial charge in [-0.3, -0.25) is 4.79 Å². The molecule has 1 fully saturated rings. The average Bonchev–Trinajstić information content (AvgIpc) is 2.78. The minimum atomic E-state index is -0.843. The van der Waals surface area contributed by atoms with Gasteiger partial charge in [0, 0.05) is 26.7 Å². The number of hydrogen-bond acceptors (Lipinski definition) is 3. The molecule has 21 heavy (non-hydrogen) atoms. The molecule has 0 aromatic carbocycles. The van der Waals surface area contributed by atoms with Crippen molar-refractivity contribution in [2.75, 3.05) is 40.3 Å². The molecule has 0 aromatic rings. The van der Waals surface area contributed by atoms with Crippen LogP contribution in [-0.2, 0) is 4.79 Å². The number of amides is 2. The van der Waals surface area contributed by atoms with Gasteiger partial charge in [-0.15, -0.1) is 0 Å². The van der Waals surface area contributed by atoms with E-state index in [1.165, 1.54) is 0 Å².